The van der Waals surface area contributed by atoms with Crippen LogP contribution in [0.3, 0.4) is 0 Å². The molecular weight excluding hydrogens is 376 g/mol. The topological polar surface area (TPSA) is 48.4 Å². The number of methoxy groups -OCH3 is 1. The molecule has 4 nitrogen and oxygen atoms in total. The van der Waals surface area contributed by atoms with E-state index in [9.17, 15) is 31.1 Å². The summed E-state index contributed by atoms with van der Waals surface area (Å²) < 4.78 is 82.8. The Morgan fingerprint density at radius 2 is 1.86 bits per heavy atom. The maximum atomic E-state index is 12.9. The van der Waals surface area contributed by atoms with E-state index in [1.54, 1.807) is 0 Å². The molecule has 11 heteroatoms. The largest absolute Gasteiger partial charge is 0.573 e. The molecule has 1 aromatic rings. The number of nitrogens with zero attached hydrogens (tertiary/aromatic N) is 1. The highest BCUT2D eigenvalue weighted by molar-refractivity contribution is 9.08. The number of halogens is 7. The number of pyridine rings is 1. The molecule has 0 saturated heterocycles. The van der Waals surface area contributed by atoms with Crippen LogP contribution in [0, 0.1) is 0 Å². The molecule has 1 aromatic heterocycles. The molecule has 0 saturated carbocycles. The first-order chi connectivity index (χ1) is 9.49. The molecule has 21 heavy (non-hydrogen) atoms. The van der Waals surface area contributed by atoms with E-state index < -0.39 is 46.5 Å². The zero-order chi connectivity index (χ0) is 16.4. The second kappa shape index (κ2) is 6.08. The van der Waals surface area contributed by atoms with Crippen molar-refractivity contribution in [3.63, 3.8) is 0 Å². The van der Waals surface area contributed by atoms with Crippen molar-refractivity contribution in [1.29, 1.82) is 0 Å². The number of hydrogen-bond donors (Lipinski definition) is 0. The molecule has 0 amide bonds. The minimum Gasteiger partial charge on any atom is -0.464 e. The smallest absolute Gasteiger partial charge is 0.464 e. The zero-order valence-electron chi connectivity index (χ0n) is 10.1. The van der Waals surface area contributed by atoms with Crippen LogP contribution in [-0.2, 0) is 16.2 Å². The molecule has 0 atom stereocenters. The molecule has 1 heterocycles. The van der Waals surface area contributed by atoms with Crippen LogP contribution >= 0.6 is 15.9 Å². The fourth-order valence-electron chi connectivity index (χ4n) is 1.39. The van der Waals surface area contributed by atoms with Crippen molar-refractivity contribution in [1.82, 2.24) is 4.98 Å². The second-order valence-corrected chi connectivity index (χ2v) is 4.06. The third-order valence-electron chi connectivity index (χ3n) is 2.09. The minimum atomic E-state index is -5.36. The maximum Gasteiger partial charge on any atom is 0.573 e. The van der Waals surface area contributed by atoms with E-state index in [0.29, 0.717) is 0 Å². The first-order valence-electron chi connectivity index (χ1n) is 5.00. The minimum absolute atomic E-state index is 0.230. The van der Waals surface area contributed by atoms with Crippen LogP contribution in [0.5, 0.6) is 5.75 Å². The van der Waals surface area contributed by atoms with Crippen molar-refractivity contribution in [2.75, 3.05) is 7.11 Å². The normalized spacial score (nSPS) is 12.2. The summed E-state index contributed by atoms with van der Waals surface area (Å²) in [6.07, 6.45) is -10.5. The van der Waals surface area contributed by atoms with Gasteiger partial charge in [0.05, 0.1) is 12.8 Å². The van der Waals surface area contributed by atoms with Gasteiger partial charge in [0, 0.05) is 11.4 Å². The maximum absolute atomic E-state index is 12.9. The van der Waals surface area contributed by atoms with E-state index in [2.05, 4.69) is 30.4 Å². The van der Waals surface area contributed by atoms with E-state index in [0.717, 1.165) is 7.11 Å². The summed E-state index contributed by atoms with van der Waals surface area (Å²) in [7, 11) is 0.903. The zero-order valence-corrected chi connectivity index (χ0v) is 11.7. The number of carbonyl (C=O) groups excluding carboxylic acids is 1. The lowest BCUT2D eigenvalue weighted by atomic mass is 10.1. The van der Waals surface area contributed by atoms with Crippen molar-refractivity contribution < 1.29 is 40.6 Å². The van der Waals surface area contributed by atoms with Gasteiger partial charge in [-0.1, -0.05) is 15.9 Å². The summed E-state index contributed by atoms with van der Waals surface area (Å²) in [5.74, 6) is -2.77. The third-order valence-corrected chi connectivity index (χ3v) is 2.62. The van der Waals surface area contributed by atoms with E-state index in [4.69, 9.17) is 0 Å². The van der Waals surface area contributed by atoms with Gasteiger partial charge in [0.1, 0.15) is 11.3 Å². The predicted octanol–water partition coefficient (Wildman–Crippen LogP) is 3.68. The Morgan fingerprint density at radius 3 is 2.24 bits per heavy atom. The summed E-state index contributed by atoms with van der Waals surface area (Å²) in [6, 6.07) is 0.230. The molecule has 0 N–H and O–H groups in total. The number of hydrogen-bond acceptors (Lipinski definition) is 4. The number of alkyl halides is 7. The van der Waals surface area contributed by atoms with Gasteiger partial charge in [0.15, 0.2) is 5.69 Å². The first kappa shape index (κ1) is 17.5. The number of carbonyl (C=O) groups is 1. The molecule has 0 aromatic carbocycles. The Bertz CT molecular complexity index is 543. The van der Waals surface area contributed by atoms with Crippen LogP contribution in [0.1, 0.15) is 21.7 Å². The molecule has 0 radical (unpaired) electrons. The third kappa shape index (κ3) is 4.48. The summed E-state index contributed by atoms with van der Waals surface area (Å²) in [4.78, 5) is 14.6. The van der Waals surface area contributed by atoms with Crippen molar-refractivity contribution in [3.8, 4) is 5.75 Å². The van der Waals surface area contributed by atoms with Gasteiger partial charge < -0.3 is 9.47 Å². The number of ether oxygens (including phenoxy) is 2. The molecule has 0 unspecified atom stereocenters. The van der Waals surface area contributed by atoms with Crippen LogP contribution in [0.15, 0.2) is 6.07 Å². The quantitative estimate of drug-likeness (QED) is 0.455. The predicted molar refractivity (Wildman–Crippen MR) is 59.9 cm³/mol. The Morgan fingerprint density at radius 1 is 1.29 bits per heavy atom. The molecule has 0 spiro atoms. The average molecular weight is 382 g/mol. The van der Waals surface area contributed by atoms with E-state index in [1.807, 2.05) is 0 Å². The monoisotopic (exact) mass is 381 g/mol. The lowest BCUT2D eigenvalue weighted by Crippen LogP contribution is -2.22. The Hall–Kier alpha value is -1.52. The van der Waals surface area contributed by atoms with Crippen LogP contribution in [-0.4, -0.2) is 24.4 Å². The van der Waals surface area contributed by atoms with Crippen molar-refractivity contribution >= 4 is 21.9 Å². The van der Waals surface area contributed by atoms with E-state index >= 15 is 0 Å². The molecule has 0 aliphatic carbocycles. The van der Waals surface area contributed by atoms with Crippen LogP contribution in [0.4, 0.5) is 26.3 Å². The molecule has 118 valence electrons. The molecular formula is C10H6BrF6NO3. The van der Waals surface area contributed by atoms with Gasteiger partial charge in [0.25, 0.3) is 0 Å². The van der Waals surface area contributed by atoms with Crippen molar-refractivity contribution in [3.05, 3.63) is 23.0 Å². The lowest BCUT2D eigenvalue weighted by molar-refractivity contribution is -0.276. The highest BCUT2D eigenvalue weighted by Gasteiger charge is 2.42. The van der Waals surface area contributed by atoms with Crippen LogP contribution in [0.2, 0.25) is 0 Å². The first-order valence-corrected chi connectivity index (χ1v) is 6.13. The highest BCUT2D eigenvalue weighted by atomic mass is 79.9. The number of rotatable bonds is 3. The molecule has 0 bridgehead atoms. The van der Waals surface area contributed by atoms with E-state index in [1.165, 1.54) is 0 Å². The Balaban J connectivity index is 3.57. The summed E-state index contributed by atoms with van der Waals surface area (Å²) in [5, 5.41) is -0.541. The summed E-state index contributed by atoms with van der Waals surface area (Å²) in [5.41, 5.74) is -3.28. The lowest BCUT2D eigenvalue weighted by Gasteiger charge is -2.18. The van der Waals surface area contributed by atoms with Crippen LogP contribution in [0.25, 0.3) is 0 Å². The van der Waals surface area contributed by atoms with Gasteiger partial charge in [-0.25, -0.2) is 9.78 Å². The Labute approximate surface area is 122 Å². The highest BCUT2D eigenvalue weighted by Crippen LogP contribution is 2.41. The fourth-order valence-corrected chi connectivity index (χ4v) is 1.79. The molecule has 0 fully saturated rings. The van der Waals surface area contributed by atoms with Crippen LogP contribution < -0.4 is 4.74 Å². The van der Waals surface area contributed by atoms with Crippen molar-refractivity contribution in [2.45, 2.75) is 17.9 Å². The fraction of sp³-hybridized carbons (Fsp3) is 0.400. The number of aromatic nitrogens is 1. The summed E-state index contributed by atoms with van der Waals surface area (Å²) in [6.45, 7) is 0. The Kier molecular flexibility index (Phi) is 5.07. The van der Waals surface area contributed by atoms with Gasteiger partial charge in [-0.2, -0.15) is 13.2 Å². The SMILES string of the molecule is COC(=O)c1cc(OC(F)(F)F)c(C(F)(F)F)c(CBr)n1. The van der Waals surface area contributed by atoms with Gasteiger partial charge >= 0.3 is 18.5 Å². The standard InChI is InChI=1S/C10H6BrF6NO3/c1-20-8(19)4-2-6(21-10(15,16)17)7(9(12,13)14)5(3-11)18-4/h2H,3H2,1H3. The van der Waals surface area contributed by atoms with Gasteiger partial charge in [-0.3, -0.25) is 0 Å². The average Bonchev–Trinajstić information content (AvgIpc) is 2.33. The molecule has 0 aliphatic rings. The van der Waals surface area contributed by atoms with Gasteiger partial charge in [-0.15, -0.1) is 13.2 Å². The summed E-state index contributed by atoms with van der Waals surface area (Å²) >= 11 is 2.67. The van der Waals surface area contributed by atoms with Gasteiger partial charge in [0.2, 0.25) is 0 Å². The van der Waals surface area contributed by atoms with Crippen molar-refractivity contribution in [2.24, 2.45) is 0 Å². The van der Waals surface area contributed by atoms with E-state index in [-0.39, 0.29) is 6.07 Å². The molecule has 0 aliphatic heterocycles. The molecule has 1 rings (SSSR count). The van der Waals surface area contributed by atoms with Gasteiger partial charge in [-0.05, 0) is 0 Å². The number of esters is 1. The second-order valence-electron chi connectivity index (χ2n) is 3.50.